The number of hydrogen-bond donors (Lipinski definition) is 2. The Kier molecular flexibility index (Phi) is 6.68. The van der Waals surface area contributed by atoms with E-state index in [2.05, 4.69) is 17.1 Å². The lowest BCUT2D eigenvalue weighted by Crippen LogP contribution is -2.40. The molecule has 0 bridgehead atoms. The molecule has 1 aromatic carbocycles. The van der Waals surface area contributed by atoms with Crippen LogP contribution in [-0.4, -0.2) is 49.3 Å². The number of ether oxygens (including phenoxy) is 1. The summed E-state index contributed by atoms with van der Waals surface area (Å²) in [5.74, 6) is 1.53. The molecule has 22 heavy (non-hydrogen) atoms. The Bertz CT molecular complexity index is 491. The van der Waals surface area contributed by atoms with Crippen molar-refractivity contribution in [2.24, 2.45) is 10.9 Å². The average molecular weight is 305 g/mol. The van der Waals surface area contributed by atoms with Crippen LogP contribution < -0.4 is 5.32 Å². The molecule has 0 amide bonds. The fraction of sp³-hybridized carbons (Fsp3) is 0.588. The first-order chi connectivity index (χ1) is 10.8. The smallest absolute Gasteiger partial charge is 0.194 e. The van der Waals surface area contributed by atoms with Gasteiger partial charge in [-0.3, -0.25) is 0 Å². The molecule has 1 aliphatic rings. The molecule has 1 unspecified atom stereocenters. The SMILES string of the molecule is CCNC(=NCc1ccccc1CO)N1CCC(COC)C1. The standard InChI is InChI=1S/C17H27N3O2/c1-3-18-17(20-9-8-14(11-20)13-22-2)19-10-15-6-4-5-7-16(15)12-21/h4-7,14,21H,3,8-13H2,1-2H3,(H,18,19). The summed E-state index contributed by atoms with van der Waals surface area (Å²) in [4.78, 5) is 7.05. The van der Waals surface area contributed by atoms with E-state index < -0.39 is 0 Å². The molecule has 1 fully saturated rings. The molecule has 0 spiro atoms. The molecular formula is C17H27N3O2. The van der Waals surface area contributed by atoms with Crippen LogP contribution >= 0.6 is 0 Å². The summed E-state index contributed by atoms with van der Waals surface area (Å²) in [6.07, 6.45) is 1.14. The van der Waals surface area contributed by atoms with Gasteiger partial charge in [-0.1, -0.05) is 24.3 Å². The van der Waals surface area contributed by atoms with E-state index in [0.717, 1.165) is 49.7 Å². The van der Waals surface area contributed by atoms with E-state index in [1.54, 1.807) is 7.11 Å². The number of benzene rings is 1. The first-order valence-electron chi connectivity index (χ1n) is 7.98. The van der Waals surface area contributed by atoms with Crippen molar-refractivity contribution in [3.63, 3.8) is 0 Å². The minimum Gasteiger partial charge on any atom is -0.392 e. The van der Waals surface area contributed by atoms with Gasteiger partial charge in [-0.2, -0.15) is 0 Å². The number of nitrogens with one attached hydrogen (secondary N) is 1. The maximum atomic E-state index is 9.40. The molecule has 1 atom stereocenters. The van der Waals surface area contributed by atoms with Gasteiger partial charge in [0, 0.05) is 32.7 Å². The van der Waals surface area contributed by atoms with Crippen LogP contribution in [0.4, 0.5) is 0 Å². The maximum Gasteiger partial charge on any atom is 0.194 e. The van der Waals surface area contributed by atoms with Crippen LogP contribution in [0, 0.1) is 5.92 Å². The Hall–Kier alpha value is -1.59. The lowest BCUT2D eigenvalue weighted by Gasteiger charge is -2.21. The lowest BCUT2D eigenvalue weighted by molar-refractivity contribution is 0.157. The van der Waals surface area contributed by atoms with Crippen molar-refractivity contribution in [2.45, 2.75) is 26.5 Å². The van der Waals surface area contributed by atoms with E-state index in [1.165, 1.54) is 0 Å². The van der Waals surface area contributed by atoms with Gasteiger partial charge >= 0.3 is 0 Å². The van der Waals surface area contributed by atoms with Crippen LogP contribution in [0.3, 0.4) is 0 Å². The molecule has 0 aromatic heterocycles. The number of aliphatic hydroxyl groups excluding tert-OH is 1. The Morgan fingerprint density at radius 3 is 2.86 bits per heavy atom. The molecule has 1 saturated heterocycles. The van der Waals surface area contributed by atoms with Crippen molar-refractivity contribution < 1.29 is 9.84 Å². The van der Waals surface area contributed by atoms with E-state index in [-0.39, 0.29) is 6.61 Å². The fourth-order valence-corrected chi connectivity index (χ4v) is 2.85. The molecule has 5 nitrogen and oxygen atoms in total. The fourth-order valence-electron chi connectivity index (χ4n) is 2.85. The normalized spacial score (nSPS) is 18.8. The Labute approximate surface area is 133 Å². The van der Waals surface area contributed by atoms with Crippen LogP contribution in [0.1, 0.15) is 24.5 Å². The Balaban J connectivity index is 2.04. The topological polar surface area (TPSA) is 57.1 Å². The Morgan fingerprint density at radius 1 is 1.41 bits per heavy atom. The molecule has 2 N–H and O–H groups in total. The molecule has 2 rings (SSSR count). The van der Waals surface area contributed by atoms with Crippen LogP contribution in [0.5, 0.6) is 0 Å². The molecule has 0 saturated carbocycles. The average Bonchev–Trinajstić information content (AvgIpc) is 3.00. The zero-order chi connectivity index (χ0) is 15.8. The minimum absolute atomic E-state index is 0.0574. The van der Waals surface area contributed by atoms with Crippen molar-refractivity contribution in [3.8, 4) is 0 Å². The highest BCUT2D eigenvalue weighted by Crippen LogP contribution is 2.17. The van der Waals surface area contributed by atoms with Crippen LogP contribution in [-0.2, 0) is 17.9 Å². The zero-order valence-electron chi connectivity index (χ0n) is 13.6. The molecule has 1 heterocycles. The third-order valence-electron chi connectivity index (χ3n) is 4.01. The van der Waals surface area contributed by atoms with Crippen LogP contribution in [0.15, 0.2) is 29.3 Å². The van der Waals surface area contributed by atoms with Gasteiger partial charge in [-0.15, -0.1) is 0 Å². The third-order valence-corrected chi connectivity index (χ3v) is 4.01. The number of hydrogen-bond acceptors (Lipinski definition) is 3. The zero-order valence-corrected chi connectivity index (χ0v) is 13.6. The number of aliphatic imine (C=N–C) groups is 1. The van der Waals surface area contributed by atoms with Crippen molar-refractivity contribution in [2.75, 3.05) is 33.4 Å². The number of guanidine groups is 1. The first-order valence-corrected chi connectivity index (χ1v) is 7.98. The molecule has 0 radical (unpaired) electrons. The van der Waals surface area contributed by atoms with E-state index in [0.29, 0.717) is 12.5 Å². The van der Waals surface area contributed by atoms with Crippen molar-refractivity contribution in [1.29, 1.82) is 0 Å². The van der Waals surface area contributed by atoms with Gasteiger partial charge in [0.2, 0.25) is 0 Å². The summed E-state index contributed by atoms with van der Waals surface area (Å²) in [5.41, 5.74) is 2.02. The predicted molar refractivity (Wildman–Crippen MR) is 88.7 cm³/mol. The van der Waals surface area contributed by atoms with Gasteiger partial charge in [-0.05, 0) is 24.5 Å². The molecule has 1 aromatic rings. The highest BCUT2D eigenvalue weighted by molar-refractivity contribution is 5.80. The number of methoxy groups -OCH3 is 1. The van der Waals surface area contributed by atoms with E-state index in [9.17, 15) is 5.11 Å². The van der Waals surface area contributed by atoms with Gasteiger partial charge < -0.3 is 20.1 Å². The maximum absolute atomic E-state index is 9.40. The summed E-state index contributed by atoms with van der Waals surface area (Å²) in [7, 11) is 1.76. The molecule has 122 valence electrons. The lowest BCUT2D eigenvalue weighted by atomic mass is 10.1. The summed E-state index contributed by atoms with van der Waals surface area (Å²) in [6.45, 7) is 6.39. The number of nitrogens with zero attached hydrogens (tertiary/aromatic N) is 2. The van der Waals surface area contributed by atoms with Gasteiger partial charge in [0.05, 0.1) is 19.8 Å². The number of likely N-dealkylation sites (tertiary alicyclic amines) is 1. The Morgan fingerprint density at radius 2 is 2.18 bits per heavy atom. The second-order valence-electron chi connectivity index (χ2n) is 5.65. The summed E-state index contributed by atoms with van der Waals surface area (Å²) in [5, 5.41) is 12.8. The largest absolute Gasteiger partial charge is 0.392 e. The van der Waals surface area contributed by atoms with E-state index in [1.807, 2.05) is 24.3 Å². The molecular weight excluding hydrogens is 278 g/mol. The van der Waals surface area contributed by atoms with Gasteiger partial charge in [-0.25, -0.2) is 4.99 Å². The highest BCUT2D eigenvalue weighted by atomic mass is 16.5. The minimum atomic E-state index is 0.0574. The number of aliphatic hydroxyl groups is 1. The van der Waals surface area contributed by atoms with E-state index >= 15 is 0 Å². The van der Waals surface area contributed by atoms with Crippen molar-refractivity contribution >= 4 is 5.96 Å². The summed E-state index contributed by atoms with van der Waals surface area (Å²) < 4.78 is 5.26. The second kappa shape index (κ2) is 8.76. The van der Waals surface area contributed by atoms with Gasteiger partial charge in [0.15, 0.2) is 5.96 Å². The summed E-state index contributed by atoms with van der Waals surface area (Å²) >= 11 is 0. The van der Waals surface area contributed by atoms with Crippen LogP contribution in [0.25, 0.3) is 0 Å². The molecule has 0 aliphatic carbocycles. The van der Waals surface area contributed by atoms with Crippen molar-refractivity contribution in [1.82, 2.24) is 10.2 Å². The predicted octanol–water partition coefficient (Wildman–Crippen LogP) is 1.61. The monoisotopic (exact) mass is 305 g/mol. The third kappa shape index (κ3) is 4.45. The number of rotatable bonds is 6. The van der Waals surface area contributed by atoms with Crippen molar-refractivity contribution in [3.05, 3.63) is 35.4 Å². The van der Waals surface area contributed by atoms with Crippen LogP contribution in [0.2, 0.25) is 0 Å². The second-order valence-corrected chi connectivity index (χ2v) is 5.65. The van der Waals surface area contributed by atoms with Gasteiger partial charge in [0.25, 0.3) is 0 Å². The quantitative estimate of drug-likeness (QED) is 0.619. The molecule has 1 aliphatic heterocycles. The first kappa shape index (κ1) is 16.8. The van der Waals surface area contributed by atoms with E-state index in [4.69, 9.17) is 9.73 Å². The highest BCUT2D eigenvalue weighted by Gasteiger charge is 2.24. The summed E-state index contributed by atoms with van der Waals surface area (Å²) in [6, 6.07) is 7.90. The molecule has 5 heteroatoms. The van der Waals surface area contributed by atoms with Gasteiger partial charge in [0.1, 0.15) is 0 Å².